The third-order valence-electron chi connectivity index (χ3n) is 4.08. The molecule has 1 aromatic carbocycles. The molecular formula is C17H28N2O. The van der Waals surface area contributed by atoms with E-state index in [1.807, 2.05) is 6.07 Å². The van der Waals surface area contributed by atoms with Gasteiger partial charge >= 0.3 is 0 Å². The highest BCUT2D eigenvalue weighted by Crippen LogP contribution is 2.17. The van der Waals surface area contributed by atoms with Crippen molar-refractivity contribution in [2.75, 3.05) is 39.8 Å². The van der Waals surface area contributed by atoms with Gasteiger partial charge in [0.05, 0.1) is 7.11 Å². The molecular weight excluding hydrogens is 248 g/mol. The lowest BCUT2D eigenvalue weighted by Crippen LogP contribution is -2.28. The lowest BCUT2D eigenvalue weighted by Gasteiger charge is -2.16. The summed E-state index contributed by atoms with van der Waals surface area (Å²) < 4.78 is 5.28. The van der Waals surface area contributed by atoms with E-state index in [2.05, 4.69) is 35.3 Å². The third-order valence-corrected chi connectivity index (χ3v) is 4.08. The van der Waals surface area contributed by atoms with Gasteiger partial charge in [-0.15, -0.1) is 0 Å². The molecule has 3 nitrogen and oxygen atoms in total. The number of nitrogens with one attached hydrogen (secondary N) is 1. The van der Waals surface area contributed by atoms with Crippen LogP contribution < -0.4 is 10.1 Å². The highest BCUT2D eigenvalue weighted by atomic mass is 16.5. The van der Waals surface area contributed by atoms with Crippen LogP contribution in [0.5, 0.6) is 5.75 Å². The van der Waals surface area contributed by atoms with Gasteiger partial charge in [0.25, 0.3) is 0 Å². The first-order valence-corrected chi connectivity index (χ1v) is 7.87. The molecule has 0 amide bonds. The number of benzene rings is 1. The van der Waals surface area contributed by atoms with Gasteiger partial charge in [-0.3, -0.25) is 0 Å². The lowest BCUT2D eigenvalue weighted by molar-refractivity contribution is 0.325. The number of ether oxygens (including phenoxy) is 1. The Kier molecular flexibility index (Phi) is 6.34. The summed E-state index contributed by atoms with van der Waals surface area (Å²) in [7, 11) is 1.73. The Morgan fingerprint density at radius 2 is 2.30 bits per heavy atom. The monoisotopic (exact) mass is 276 g/mol. The zero-order chi connectivity index (χ0) is 14.2. The molecule has 1 N–H and O–H groups in total. The second-order valence-electron chi connectivity index (χ2n) is 5.76. The van der Waals surface area contributed by atoms with E-state index in [-0.39, 0.29) is 0 Å². The van der Waals surface area contributed by atoms with Crippen LogP contribution in [0.4, 0.5) is 0 Å². The van der Waals surface area contributed by atoms with E-state index in [1.165, 1.54) is 38.0 Å². The summed E-state index contributed by atoms with van der Waals surface area (Å²) in [6.07, 6.45) is 3.69. The lowest BCUT2D eigenvalue weighted by atomic mass is 10.1. The van der Waals surface area contributed by atoms with E-state index in [4.69, 9.17) is 4.74 Å². The molecule has 1 aliphatic heterocycles. The Hall–Kier alpha value is -1.06. The van der Waals surface area contributed by atoms with Crippen molar-refractivity contribution in [2.24, 2.45) is 5.92 Å². The quantitative estimate of drug-likeness (QED) is 0.739. The molecule has 0 aliphatic carbocycles. The van der Waals surface area contributed by atoms with Crippen LogP contribution in [-0.4, -0.2) is 44.7 Å². The molecule has 0 spiro atoms. The Morgan fingerprint density at radius 1 is 1.40 bits per heavy atom. The SMILES string of the molecule is CCCNCC1CCN(CCc2cccc(OC)c2)C1. The van der Waals surface area contributed by atoms with Crippen LogP contribution in [0.25, 0.3) is 0 Å². The molecule has 20 heavy (non-hydrogen) atoms. The molecule has 1 unspecified atom stereocenters. The summed E-state index contributed by atoms with van der Waals surface area (Å²) >= 11 is 0. The fourth-order valence-electron chi connectivity index (χ4n) is 2.88. The fourth-order valence-corrected chi connectivity index (χ4v) is 2.88. The second-order valence-corrected chi connectivity index (χ2v) is 5.76. The van der Waals surface area contributed by atoms with Crippen molar-refractivity contribution >= 4 is 0 Å². The Bertz CT molecular complexity index is 394. The second kappa shape index (κ2) is 8.28. The summed E-state index contributed by atoms with van der Waals surface area (Å²) in [6, 6.07) is 8.43. The summed E-state index contributed by atoms with van der Waals surface area (Å²) in [5.41, 5.74) is 1.37. The normalized spacial score (nSPS) is 19.4. The zero-order valence-electron chi connectivity index (χ0n) is 12.9. The predicted octanol–water partition coefficient (Wildman–Crippen LogP) is 2.56. The Morgan fingerprint density at radius 3 is 3.10 bits per heavy atom. The molecule has 1 aromatic rings. The number of hydrogen-bond acceptors (Lipinski definition) is 3. The molecule has 1 saturated heterocycles. The van der Waals surface area contributed by atoms with Gasteiger partial charge in [0.1, 0.15) is 5.75 Å². The zero-order valence-corrected chi connectivity index (χ0v) is 12.9. The summed E-state index contributed by atoms with van der Waals surface area (Å²) in [5.74, 6) is 1.80. The maximum atomic E-state index is 5.28. The van der Waals surface area contributed by atoms with E-state index in [9.17, 15) is 0 Å². The van der Waals surface area contributed by atoms with E-state index >= 15 is 0 Å². The average Bonchev–Trinajstić information content (AvgIpc) is 2.94. The van der Waals surface area contributed by atoms with Gasteiger partial charge in [0.15, 0.2) is 0 Å². The molecule has 0 aromatic heterocycles. The van der Waals surface area contributed by atoms with Crippen molar-refractivity contribution in [3.8, 4) is 5.75 Å². The van der Waals surface area contributed by atoms with E-state index in [1.54, 1.807) is 7.11 Å². The van der Waals surface area contributed by atoms with Crippen molar-refractivity contribution in [2.45, 2.75) is 26.2 Å². The van der Waals surface area contributed by atoms with Crippen molar-refractivity contribution in [3.05, 3.63) is 29.8 Å². The van der Waals surface area contributed by atoms with E-state index < -0.39 is 0 Å². The van der Waals surface area contributed by atoms with Gasteiger partial charge in [-0.25, -0.2) is 0 Å². The number of methoxy groups -OCH3 is 1. The van der Waals surface area contributed by atoms with Gasteiger partial charge in [0.2, 0.25) is 0 Å². The number of likely N-dealkylation sites (tertiary alicyclic amines) is 1. The number of hydrogen-bond donors (Lipinski definition) is 1. The predicted molar refractivity (Wildman–Crippen MR) is 84.4 cm³/mol. The number of nitrogens with zero attached hydrogens (tertiary/aromatic N) is 1. The van der Waals surface area contributed by atoms with Crippen molar-refractivity contribution in [1.29, 1.82) is 0 Å². The maximum absolute atomic E-state index is 5.28. The molecule has 1 aliphatic rings. The van der Waals surface area contributed by atoms with Gasteiger partial charge in [-0.1, -0.05) is 19.1 Å². The standard InChI is InChI=1S/C17H28N2O/c1-3-9-18-13-16-8-11-19(14-16)10-7-15-5-4-6-17(12-15)20-2/h4-6,12,16,18H,3,7-11,13-14H2,1-2H3. The van der Waals surface area contributed by atoms with Crippen LogP contribution in [0, 0.1) is 5.92 Å². The van der Waals surface area contributed by atoms with Gasteiger partial charge in [0, 0.05) is 13.1 Å². The molecule has 3 heteroatoms. The van der Waals surface area contributed by atoms with Gasteiger partial charge in [-0.05, 0) is 62.5 Å². The van der Waals surface area contributed by atoms with Crippen LogP contribution >= 0.6 is 0 Å². The van der Waals surface area contributed by atoms with Crippen LogP contribution in [-0.2, 0) is 6.42 Å². The third kappa shape index (κ3) is 4.80. The molecule has 112 valence electrons. The highest BCUT2D eigenvalue weighted by molar-refractivity contribution is 5.28. The molecule has 0 radical (unpaired) electrons. The Labute approximate surface area is 123 Å². The Balaban J connectivity index is 1.69. The highest BCUT2D eigenvalue weighted by Gasteiger charge is 2.21. The average molecular weight is 276 g/mol. The van der Waals surface area contributed by atoms with Crippen molar-refractivity contribution < 1.29 is 4.74 Å². The van der Waals surface area contributed by atoms with E-state index in [0.717, 1.165) is 31.2 Å². The summed E-state index contributed by atoms with van der Waals surface area (Å²) in [6.45, 7) is 8.23. The molecule has 0 saturated carbocycles. The first kappa shape index (κ1) is 15.3. The van der Waals surface area contributed by atoms with Crippen LogP contribution in [0.15, 0.2) is 24.3 Å². The van der Waals surface area contributed by atoms with E-state index in [0.29, 0.717) is 0 Å². The van der Waals surface area contributed by atoms with Crippen LogP contribution in [0.2, 0.25) is 0 Å². The molecule has 1 heterocycles. The minimum Gasteiger partial charge on any atom is -0.497 e. The molecule has 0 bridgehead atoms. The van der Waals surface area contributed by atoms with Crippen molar-refractivity contribution in [1.82, 2.24) is 10.2 Å². The largest absolute Gasteiger partial charge is 0.497 e. The first-order chi connectivity index (χ1) is 9.81. The van der Waals surface area contributed by atoms with Gasteiger partial charge in [-0.2, -0.15) is 0 Å². The van der Waals surface area contributed by atoms with Crippen molar-refractivity contribution in [3.63, 3.8) is 0 Å². The molecule has 1 fully saturated rings. The molecule has 2 rings (SSSR count). The maximum Gasteiger partial charge on any atom is 0.119 e. The van der Waals surface area contributed by atoms with Crippen LogP contribution in [0.3, 0.4) is 0 Å². The first-order valence-electron chi connectivity index (χ1n) is 7.87. The minimum absolute atomic E-state index is 0.840. The smallest absolute Gasteiger partial charge is 0.119 e. The summed E-state index contributed by atoms with van der Waals surface area (Å²) in [4.78, 5) is 2.60. The van der Waals surface area contributed by atoms with Crippen LogP contribution in [0.1, 0.15) is 25.3 Å². The topological polar surface area (TPSA) is 24.5 Å². The summed E-state index contributed by atoms with van der Waals surface area (Å²) in [5, 5.41) is 3.54. The molecule has 1 atom stereocenters. The van der Waals surface area contributed by atoms with Gasteiger partial charge < -0.3 is 15.0 Å². The minimum atomic E-state index is 0.840. The fraction of sp³-hybridized carbons (Fsp3) is 0.647. The number of rotatable bonds is 8.